The molecule has 1 aliphatic rings. The van der Waals surface area contributed by atoms with Crippen LogP contribution in [0.5, 0.6) is 17.2 Å². The van der Waals surface area contributed by atoms with Crippen LogP contribution in [0.1, 0.15) is 17.2 Å². The van der Waals surface area contributed by atoms with Gasteiger partial charge in [0.1, 0.15) is 0 Å². The molecule has 1 amide bonds. The number of aromatic nitrogens is 1. The average Bonchev–Trinajstić information content (AvgIpc) is 2.73. The number of amides is 1. The number of benzene rings is 1. The molecule has 2 heterocycles. The topological polar surface area (TPSA) is 72.9 Å². The van der Waals surface area contributed by atoms with E-state index in [-0.39, 0.29) is 30.8 Å². The highest BCUT2D eigenvalue weighted by atomic mass is 35.5. The SMILES string of the molecule is COc1cc(CC(=O)N2CCNCC2c2cccnc2)cc(OC)c1OC.Cl. The van der Waals surface area contributed by atoms with Crippen LogP contribution in [0.4, 0.5) is 0 Å². The molecule has 1 fully saturated rings. The molecule has 1 atom stereocenters. The molecule has 1 unspecified atom stereocenters. The fourth-order valence-electron chi connectivity index (χ4n) is 3.39. The molecule has 7 nitrogen and oxygen atoms in total. The maximum atomic E-state index is 13.1. The van der Waals surface area contributed by atoms with E-state index in [2.05, 4.69) is 10.3 Å². The molecule has 1 aromatic heterocycles. The second kappa shape index (κ2) is 10.1. The third-order valence-corrected chi connectivity index (χ3v) is 4.71. The number of carbonyl (C=O) groups excluding carboxylic acids is 1. The van der Waals surface area contributed by atoms with Gasteiger partial charge in [-0.05, 0) is 29.3 Å². The minimum atomic E-state index is -0.0259. The summed E-state index contributed by atoms with van der Waals surface area (Å²) >= 11 is 0. The third kappa shape index (κ3) is 4.66. The minimum Gasteiger partial charge on any atom is -0.493 e. The smallest absolute Gasteiger partial charge is 0.227 e. The Balaban J connectivity index is 0.00000280. The van der Waals surface area contributed by atoms with Crippen LogP contribution in [0.25, 0.3) is 0 Å². The van der Waals surface area contributed by atoms with Crippen molar-refractivity contribution in [2.75, 3.05) is 41.0 Å². The van der Waals surface area contributed by atoms with Gasteiger partial charge < -0.3 is 24.4 Å². The molecule has 1 aromatic carbocycles. The molecule has 0 aliphatic carbocycles. The zero-order valence-electron chi connectivity index (χ0n) is 16.3. The van der Waals surface area contributed by atoms with Crippen molar-refractivity contribution in [3.63, 3.8) is 0 Å². The Kier molecular flexibility index (Phi) is 7.90. The first kappa shape index (κ1) is 21.8. The van der Waals surface area contributed by atoms with E-state index in [0.29, 0.717) is 30.3 Å². The van der Waals surface area contributed by atoms with Crippen LogP contribution in [-0.2, 0) is 11.2 Å². The van der Waals surface area contributed by atoms with Crippen LogP contribution in [-0.4, -0.2) is 56.8 Å². The Bertz CT molecular complexity index is 763. The number of ether oxygens (including phenoxy) is 3. The first-order valence-corrected chi connectivity index (χ1v) is 8.87. The molecule has 152 valence electrons. The van der Waals surface area contributed by atoms with E-state index < -0.39 is 0 Å². The lowest BCUT2D eigenvalue weighted by molar-refractivity contribution is -0.133. The molecule has 0 radical (unpaired) electrons. The van der Waals surface area contributed by atoms with Gasteiger partial charge in [0, 0.05) is 32.0 Å². The lowest BCUT2D eigenvalue weighted by Gasteiger charge is -2.36. The van der Waals surface area contributed by atoms with Gasteiger partial charge in [-0.25, -0.2) is 0 Å². The molecule has 1 saturated heterocycles. The fraction of sp³-hybridized carbons (Fsp3) is 0.400. The zero-order chi connectivity index (χ0) is 19.2. The van der Waals surface area contributed by atoms with E-state index in [9.17, 15) is 4.79 Å². The molecule has 28 heavy (non-hydrogen) atoms. The molecule has 3 rings (SSSR count). The van der Waals surface area contributed by atoms with E-state index in [1.54, 1.807) is 27.5 Å². The number of nitrogens with one attached hydrogen (secondary N) is 1. The van der Waals surface area contributed by atoms with Crippen molar-refractivity contribution in [2.24, 2.45) is 0 Å². The first-order chi connectivity index (χ1) is 13.2. The van der Waals surface area contributed by atoms with Crippen LogP contribution < -0.4 is 19.5 Å². The Morgan fingerprint density at radius 1 is 1.21 bits per heavy atom. The summed E-state index contributed by atoms with van der Waals surface area (Å²) in [4.78, 5) is 19.2. The summed E-state index contributed by atoms with van der Waals surface area (Å²) in [5.74, 6) is 1.67. The molecule has 1 N–H and O–H groups in total. The number of hydrogen-bond acceptors (Lipinski definition) is 6. The van der Waals surface area contributed by atoms with Crippen LogP contribution in [0.2, 0.25) is 0 Å². The van der Waals surface area contributed by atoms with Gasteiger partial charge in [-0.2, -0.15) is 0 Å². The highest BCUT2D eigenvalue weighted by molar-refractivity contribution is 5.85. The van der Waals surface area contributed by atoms with Crippen molar-refractivity contribution in [1.82, 2.24) is 15.2 Å². The molecule has 8 heteroatoms. The number of rotatable bonds is 6. The van der Waals surface area contributed by atoms with Crippen molar-refractivity contribution in [3.8, 4) is 17.2 Å². The second-order valence-corrected chi connectivity index (χ2v) is 6.30. The van der Waals surface area contributed by atoms with Crippen molar-refractivity contribution in [3.05, 3.63) is 47.8 Å². The lowest BCUT2D eigenvalue weighted by atomic mass is 10.0. The first-order valence-electron chi connectivity index (χ1n) is 8.87. The summed E-state index contributed by atoms with van der Waals surface area (Å²) in [5, 5.41) is 3.36. The van der Waals surface area contributed by atoms with Crippen molar-refractivity contribution >= 4 is 18.3 Å². The summed E-state index contributed by atoms with van der Waals surface area (Å²) < 4.78 is 16.1. The predicted molar refractivity (Wildman–Crippen MR) is 109 cm³/mol. The minimum absolute atomic E-state index is 0. The number of carbonyl (C=O) groups is 1. The van der Waals surface area contributed by atoms with Gasteiger partial charge in [0.15, 0.2) is 11.5 Å². The van der Waals surface area contributed by atoms with Gasteiger partial charge >= 0.3 is 0 Å². The number of piperazine rings is 1. The average molecular weight is 408 g/mol. The number of halogens is 1. The maximum absolute atomic E-state index is 13.1. The van der Waals surface area contributed by atoms with Gasteiger partial charge in [0.2, 0.25) is 11.7 Å². The molecule has 0 spiro atoms. The van der Waals surface area contributed by atoms with Crippen LogP contribution in [0.3, 0.4) is 0 Å². The predicted octanol–water partition coefficient (Wildman–Crippen LogP) is 2.24. The zero-order valence-corrected chi connectivity index (χ0v) is 17.1. The number of nitrogens with zero attached hydrogens (tertiary/aromatic N) is 2. The van der Waals surface area contributed by atoms with Crippen LogP contribution in [0.15, 0.2) is 36.7 Å². The van der Waals surface area contributed by atoms with E-state index in [0.717, 1.165) is 17.7 Å². The Morgan fingerprint density at radius 2 is 1.93 bits per heavy atom. The third-order valence-electron chi connectivity index (χ3n) is 4.71. The number of hydrogen-bond donors (Lipinski definition) is 1. The maximum Gasteiger partial charge on any atom is 0.227 e. The molecule has 1 aliphatic heterocycles. The van der Waals surface area contributed by atoms with Crippen LogP contribution >= 0.6 is 12.4 Å². The Labute approximate surface area is 171 Å². The van der Waals surface area contributed by atoms with E-state index >= 15 is 0 Å². The molecule has 0 bridgehead atoms. The summed E-state index contributed by atoms with van der Waals surface area (Å²) in [7, 11) is 4.69. The summed E-state index contributed by atoms with van der Waals surface area (Å²) in [6, 6.07) is 7.51. The Morgan fingerprint density at radius 3 is 2.50 bits per heavy atom. The molecule has 0 saturated carbocycles. The largest absolute Gasteiger partial charge is 0.493 e. The van der Waals surface area contributed by atoms with Gasteiger partial charge in [0.05, 0.1) is 33.8 Å². The van der Waals surface area contributed by atoms with Crippen molar-refractivity contribution < 1.29 is 19.0 Å². The number of pyridine rings is 1. The van der Waals surface area contributed by atoms with Crippen LogP contribution in [0, 0.1) is 0 Å². The van der Waals surface area contributed by atoms with E-state index in [4.69, 9.17) is 14.2 Å². The van der Waals surface area contributed by atoms with Gasteiger partial charge in [-0.1, -0.05) is 6.07 Å². The summed E-state index contributed by atoms with van der Waals surface area (Å²) in [6.45, 7) is 2.15. The highest BCUT2D eigenvalue weighted by Gasteiger charge is 2.28. The molecule has 2 aromatic rings. The lowest BCUT2D eigenvalue weighted by Crippen LogP contribution is -2.49. The second-order valence-electron chi connectivity index (χ2n) is 6.30. The summed E-state index contributed by atoms with van der Waals surface area (Å²) in [5.41, 5.74) is 1.85. The van der Waals surface area contributed by atoms with Crippen molar-refractivity contribution in [1.29, 1.82) is 0 Å². The summed E-state index contributed by atoms with van der Waals surface area (Å²) in [6.07, 6.45) is 3.81. The fourth-order valence-corrected chi connectivity index (χ4v) is 3.39. The molecular weight excluding hydrogens is 382 g/mol. The standard InChI is InChI=1S/C20H25N3O4.ClH/c1-25-17-9-14(10-18(26-2)20(17)27-3)11-19(24)23-8-7-22-13-16(23)15-5-4-6-21-12-15;/h4-6,9-10,12,16,22H,7-8,11,13H2,1-3H3;1H. The highest BCUT2D eigenvalue weighted by Crippen LogP contribution is 2.38. The quantitative estimate of drug-likeness (QED) is 0.791. The van der Waals surface area contributed by atoms with Gasteiger partial charge in [0.25, 0.3) is 0 Å². The van der Waals surface area contributed by atoms with Gasteiger partial charge in [-0.15, -0.1) is 12.4 Å². The van der Waals surface area contributed by atoms with E-state index in [1.165, 1.54) is 0 Å². The number of methoxy groups -OCH3 is 3. The molecular formula is C20H26ClN3O4. The monoisotopic (exact) mass is 407 g/mol. The van der Waals surface area contributed by atoms with E-state index in [1.807, 2.05) is 35.4 Å². The Hall–Kier alpha value is -2.51. The van der Waals surface area contributed by atoms with Crippen molar-refractivity contribution in [2.45, 2.75) is 12.5 Å². The normalized spacial score (nSPS) is 16.1. The van der Waals surface area contributed by atoms with Gasteiger partial charge in [-0.3, -0.25) is 9.78 Å².